The summed E-state index contributed by atoms with van der Waals surface area (Å²) in [5.41, 5.74) is 0. The quantitative estimate of drug-likeness (QED) is 0.602. The van der Waals surface area contributed by atoms with Gasteiger partial charge in [-0.05, 0) is 0 Å². The van der Waals surface area contributed by atoms with E-state index in [9.17, 15) is 7.67 Å². The standard InChI is InChI=1S/C9H14N2O2Se/c1-11(2)8-10-14(12,13)9-6-4-3-5-7-9/h3-7,10H,8H2,1-2H3. The Morgan fingerprint density at radius 3 is 2.29 bits per heavy atom. The number of rotatable bonds is 4. The Labute approximate surface area is 85.8 Å². The molecule has 0 aromatic heterocycles. The molecule has 0 radical (unpaired) electrons. The summed E-state index contributed by atoms with van der Waals surface area (Å²) >= 11 is -4.12. The molecule has 78 valence electrons. The summed E-state index contributed by atoms with van der Waals surface area (Å²) in [5, 5.41) is 0. The van der Waals surface area contributed by atoms with Crippen molar-refractivity contribution in [2.24, 2.45) is 0 Å². The van der Waals surface area contributed by atoms with Gasteiger partial charge in [-0.1, -0.05) is 0 Å². The molecule has 0 saturated carbocycles. The Hall–Kier alpha value is -0.741. The normalized spacial score (nSPS) is 11.9. The van der Waals surface area contributed by atoms with E-state index in [1.165, 1.54) is 0 Å². The number of nitrogens with one attached hydrogen (secondary N) is 1. The first-order valence-corrected chi connectivity index (χ1v) is 7.33. The van der Waals surface area contributed by atoms with Crippen molar-refractivity contribution in [2.45, 2.75) is 0 Å². The summed E-state index contributed by atoms with van der Waals surface area (Å²) in [6.45, 7) is 0.335. The van der Waals surface area contributed by atoms with E-state index in [-0.39, 0.29) is 0 Å². The minimum atomic E-state index is -4.12. The van der Waals surface area contributed by atoms with Gasteiger partial charge in [0.25, 0.3) is 0 Å². The fourth-order valence-electron chi connectivity index (χ4n) is 0.897. The molecule has 4 nitrogen and oxygen atoms in total. The van der Waals surface area contributed by atoms with E-state index in [4.69, 9.17) is 0 Å². The Balaban J connectivity index is 2.77. The van der Waals surface area contributed by atoms with Crippen molar-refractivity contribution in [2.75, 3.05) is 20.8 Å². The van der Waals surface area contributed by atoms with Crippen molar-refractivity contribution in [1.82, 2.24) is 9.23 Å². The predicted molar refractivity (Wildman–Crippen MR) is 54.9 cm³/mol. The van der Waals surface area contributed by atoms with E-state index in [1.807, 2.05) is 14.1 Å². The fraction of sp³-hybridized carbons (Fsp3) is 0.333. The van der Waals surface area contributed by atoms with E-state index < -0.39 is 12.9 Å². The van der Waals surface area contributed by atoms with Gasteiger partial charge in [0.05, 0.1) is 0 Å². The fourth-order valence-corrected chi connectivity index (χ4v) is 3.23. The molecule has 0 spiro atoms. The van der Waals surface area contributed by atoms with Crippen LogP contribution in [-0.2, 0) is 7.67 Å². The Kier molecular flexibility index (Phi) is 3.77. The van der Waals surface area contributed by atoms with E-state index in [1.54, 1.807) is 35.2 Å². The summed E-state index contributed by atoms with van der Waals surface area (Å²) in [6, 6.07) is 8.43. The van der Waals surface area contributed by atoms with Crippen LogP contribution in [0, 0.1) is 0 Å². The molecular formula is C9H14N2O2Se. The zero-order valence-electron chi connectivity index (χ0n) is 8.27. The molecule has 1 rings (SSSR count). The van der Waals surface area contributed by atoms with E-state index in [0.29, 0.717) is 11.1 Å². The first kappa shape index (κ1) is 11.3. The third-order valence-corrected chi connectivity index (χ3v) is 4.57. The second-order valence-corrected chi connectivity index (χ2v) is 6.91. The molecule has 0 atom stereocenters. The van der Waals surface area contributed by atoms with Gasteiger partial charge in [0.1, 0.15) is 0 Å². The molecule has 0 aliphatic heterocycles. The molecule has 0 amide bonds. The third kappa shape index (κ3) is 3.20. The van der Waals surface area contributed by atoms with Crippen molar-refractivity contribution in [3.05, 3.63) is 30.3 Å². The van der Waals surface area contributed by atoms with Crippen LogP contribution in [0.3, 0.4) is 0 Å². The van der Waals surface area contributed by atoms with Crippen molar-refractivity contribution in [1.29, 1.82) is 0 Å². The molecule has 1 aromatic rings. The van der Waals surface area contributed by atoms with Gasteiger partial charge in [-0.3, -0.25) is 0 Å². The third-order valence-electron chi connectivity index (χ3n) is 1.62. The number of nitrogens with zero attached hydrogens (tertiary/aromatic N) is 1. The van der Waals surface area contributed by atoms with Gasteiger partial charge in [0.2, 0.25) is 0 Å². The van der Waals surface area contributed by atoms with Crippen LogP contribution in [0.25, 0.3) is 0 Å². The van der Waals surface area contributed by atoms with Crippen molar-refractivity contribution >= 4 is 17.4 Å². The second kappa shape index (κ2) is 4.66. The van der Waals surface area contributed by atoms with Gasteiger partial charge >= 0.3 is 85.4 Å². The molecule has 1 aromatic carbocycles. The first-order valence-electron chi connectivity index (χ1n) is 4.22. The summed E-state index contributed by atoms with van der Waals surface area (Å²) in [7, 11) is 3.62. The van der Waals surface area contributed by atoms with Gasteiger partial charge in [-0.2, -0.15) is 0 Å². The molecule has 0 unspecified atom stereocenters. The molecule has 0 aliphatic rings. The molecule has 0 heterocycles. The maximum absolute atomic E-state index is 11.7. The monoisotopic (exact) mass is 262 g/mol. The molecule has 0 bridgehead atoms. The van der Waals surface area contributed by atoms with Crippen LogP contribution in [0.2, 0.25) is 0 Å². The zero-order chi connectivity index (χ0) is 10.6. The van der Waals surface area contributed by atoms with Crippen LogP contribution in [-0.4, -0.2) is 38.6 Å². The van der Waals surface area contributed by atoms with Crippen LogP contribution in [0.15, 0.2) is 30.3 Å². The SMILES string of the molecule is CN(C)CN[Se](=O)(=O)c1ccccc1. The van der Waals surface area contributed by atoms with Crippen LogP contribution in [0.4, 0.5) is 0 Å². The minimum absolute atomic E-state index is 0.335. The number of hydrogen-bond acceptors (Lipinski definition) is 3. The summed E-state index contributed by atoms with van der Waals surface area (Å²) < 4.78 is 26.3. The van der Waals surface area contributed by atoms with Gasteiger partial charge in [-0.15, -0.1) is 0 Å². The van der Waals surface area contributed by atoms with Gasteiger partial charge in [0, 0.05) is 0 Å². The average Bonchev–Trinajstić information content (AvgIpc) is 2.16. The maximum atomic E-state index is 11.7. The Morgan fingerprint density at radius 2 is 1.79 bits per heavy atom. The molecule has 1 N–H and O–H groups in total. The molecule has 5 heteroatoms. The summed E-state index contributed by atoms with van der Waals surface area (Å²) in [4.78, 5) is 1.77. The van der Waals surface area contributed by atoms with Gasteiger partial charge in [0.15, 0.2) is 0 Å². The molecule has 0 aliphatic carbocycles. The first-order chi connectivity index (χ1) is 6.52. The summed E-state index contributed by atoms with van der Waals surface area (Å²) in [6.07, 6.45) is 0. The van der Waals surface area contributed by atoms with Gasteiger partial charge < -0.3 is 0 Å². The molecular weight excluding hydrogens is 247 g/mol. The molecule has 0 saturated heterocycles. The second-order valence-electron chi connectivity index (χ2n) is 3.20. The van der Waals surface area contributed by atoms with Crippen molar-refractivity contribution in [3.8, 4) is 0 Å². The van der Waals surface area contributed by atoms with Crippen LogP contribution < -0.4 is 8.79 Å². The topological polar surface area (TPSA) is 49.4 Å². The van der Waals surface area contributed by atoms with Crippen LogP contribution >= 0.6 is 0 Å². The Morgan fingerprint density at radius 1 is 1.21 bits per heavy atom. The zero-order valence-corrected chi connectivity index (χ0v) is 9.98. The van der Waals surface area contributed by atoms with E-state index >= 15 is 0 Å². The Bertz CT molecular complexity index is 373. The summed E-state index contributed by atoms with van der Waals surface area (Å²) in [5.74, 6) is 0. The van der Waals surface area contributed by atoms with Crippen molar-refractivity contribution in [3.63, 3.8) is 0 Å². The average molecular weight is 261 g/mol. The van der Waals surface area contributed by atoms with Crippen LogP contribution in [0.5, 0.6) is 0 Å². The number of hydrogen-bond donors (Lipinski definition) is 1. The van der Waals surface area contributed by atoms with E-state index in [0.717, 1.165) is 0 Å². The molecule has 0 fully saturated rings. The van der Waals surface area contributed by atoms with Crippen molar-refractivity contribution < 1.29 is 7.67 Å². The molecule has 14 heavy (non-hydrogen) atoms. The van der Waals surface area contributed by atoms with Gasteiger partial charge in [-0.25, -0.2) is 0 Å². The number of benzene rings is 1. The van der Waals surface area contributed by atoms with E-state index in [2.05, 4.69) is 4.33 Å². The van der Waals surface area contributed by atoms with Crippen LogP contribution in [0.1, 0.15) is 0 Å². The predicted octanol–water partition coefficient (Wildman–Crippen LogP) is -0.198.